The Balaban J connectivity index is 0.00000232. The Kier molecular flexibility index (Phi) is 10.4. The molecule has 0 aromatic heterocycles. The number of imide groups is 1. The first-order valence-corrected chi connectivity index (χ1v) is 7.32. The molecule has 1 aliphatic heterocycles. The highest BCUT2D eigenvalue weighted by Gasteiger charge is 2.48. The molecule has 1 rings (SSSR count). The Morgan fingerprint density at radius 3 is 2.57 bits per heavy atom. The van der Waals surface area contributed by atoms with E-state index in [-0.39, 0.29) is 6.41 Å². The molecule has 0 aromatic rings. The summed E-state index contributed by atoms with van der Waals surface area (Å²) in [5.41, 5.74) is 0. The van der Waals surface area contributed by atoms with Crippen LogP contribution < -0.4 is 11.2 Å². The van der Waals surface area contributed by atoms with Gasteiger partial charge in [-0.3, -0.25) is 19.7 Å². The van der Waals surface area contributed by atoms with E-state index < -0.39 is 36.6 Å². The van der Waals surface area contributed by atoms with Gasteiger partial charge in [0, 0.05) is 26.4 Å². The Morgan fingerprint density at radius 2 is 2.09 bits per heavy atom. The molecule has 1 aliphatic rings. The van der Waals surface area contributed by atoms with E-state index in [0.717, 1.165) is 6.08 Å². The van der Waals surface area contributed by atoms with Crippen molar-refractivity contribution in [1.29, 1.82) is 0 Å². The third-order valence-electron chi connectivity index (χ3n) is 3.26. The van der Waals surface area contributed by atoms with Crippen molar-refractivity contribution in [2.24, 2.45) is 5.90 Å². The summed E-state index contributed by atoms with van der Waals surface area (Å²) < 4.78 is 10.9. The molecule has 5 atom stereocenters. The molecule has 0 radical (unpaired) electrons. The molecule has 4 N–H and O–H groups in total. The van der Waals surface area contributed by atoms with Gasteiger partial charge in [0.1, 0.15) is 24.4 Å². The van der Waals surface area contributed by atoms with Gasteiger partial charge >= 0.3 is 0 Å². The fourth-order valence-electron chi connectivity index (χ4n) is 2.12. The van der Waals surface area contributed by atoms with Crippen molar-refractivity contribution in [2.75, 3.05) is 14.2 Å². The molecule has 1 saturated heterocycles. The Labute approximate surface area is 136 Å². The zero-order chi connectivity index (χ0) is 18.0. The minimum absolute atomic E-state index is 0.283. The molecule has 0 bridgehead atoms. The van der Waals surface area contributed by atoms with Gasteiger partial charge in [0.05, 0.1) is 0 Å². The number of hydrogen-bond donors (Lipinski definition) is 3. The first-order chi connectivity index (χ1) is 11.0. The number of aliphatic hydroxyl groups excluding tert-OH is 1. The molecule has 2 amide bonds. The van der Waals surface area contributed by atoms with Crippen LogP contribution in [0.3, 0.4) is 0 Å². The minimum atomic E-state index is -0.957. The largest absolute Gasteiger partial charge is 0.386 e. The number of nitrogens with zero attached hydrogens (tertiary/aromatic N) is 1. The average molecular weight is 333 g/mol. The maximum Gasteiger partial charge on any atom is 0.251 e. The number of amides is 2. The molecular weight excluding hydrogens is 306 g/mol. The zero-order valence-corrected chi connectivity index (χ0v) is 14.1. The van der Waals surface area contributed by atoms with Gasteiger partial charge in [0.2, 0.25) is 6.41 Å². The molecular formula is C14H27N3O6. The molecule has 5 unspecified atom stereocenters. The van der Waals surface area contributed by atoms with Gasteiger partial charge in [-0.05, 0) is 6.92 Å². The SMILES string of the molecule is CC.COC1C(O)C(N(C)/C=C\C(=O)NC=O)OC1C(C)ON. The molecule has 23 heavy (non-hydrogen) atoms. The second kappa shape index (κ2) is 11.1. The van der Waals surface area contributed by atoms with Crippen LogP contribution in [-0.4, -0.2) is 67.1 Å². The second-order valence-electron chi connectivity index (χ2n) is 4.63. The second-order valence-corrected chi connectivity index (χ2v) is 4.63. The number of nitrogens with one attached hydrogen (secondary N) is 1. The molecule has 9 heteroatoms. The molecule has 9 nitrogen and oxygen atoms in total. The molecule has 0 spiro atoms. The maximum absolute atomic E-state index is 11.2. The molecule has 134 valence electrons. The van der Waals surface area contributed by atoms with Crippen molar-refractivity contribution in [3.63, 3.8) is 0 Å². The quantitative estimate of drug-likeness (QED) is 0.311. The standard InChI is InChI=1S/C12H21N3O6.C2H6/c1-7(21-13)10-11(19-3)9(18)12(20-10)15(2)5-4-8(17)14-6-16;1-2/h4-7,9-12,18H,13H2,1-3H3,(H,14,16,17);1-2H3/b5-4-;. The fourth-order valence-corrected chi connectivity index (χ4v) is 2.12. The smallest absolute Gasteiger partial charge is 0.251 e. The van der Waals surface area contributed by atoms with E-state index in [1.807, 2.05) is 19.2 Å². The number of ether oxygens (including phenoxy) is 2. The van der Waals surface area contributed by atoms with Crippen molar-refractivity contribution in [3.05, 3.63) is 12.3 Å². The van der Waals surface area contributed by atoms with E-state index >= 15 is 0 Å². The summed E-state index contributed by atoms with van der Waals surface area (Å²) in [5, 5.41) is 12.2. The number of carbonyl (C=O) groups excluding carboxylic acids is 2. The highest BCUT2D eigenvalue weighted by atomic mass is 16.7. The van der Waals surface area contributed by atoms with Crippen LogP contribution >= 0.6 is 0 Å². The van der Waals surface area contributed by atoms with Gasteiger partial charge in [-0.25, -0.2) is 5.90 Å². The maximum atomic E-state index is 11.2. The number of likely N-dealkylation sites (N-methyl/N-ethyl adjacent to an activating group) is 1. The Hall–Kier alpha value is -1.52. The zero-order valence-electron chi connectivity index (χ0n) is 14.1. The molecule has 0 aromatic carbocycles. The van der Waals surface area contributed by atoms with Crippen LogP contribution in [0.15, 0.2) is 12.3 Å². The molecule has 1 fully saturated rings. The van der Waals surface area contributed by atoms with Crippen molar-refractivity contribution in [3.8, 4) is 0 Å². The van der Waals surface area contributed by atoms with Gasteiger partial charge in [0.25, 0.3) is 5.91 Å². The van der Waals surface area contributed by atoms with Gasteiger partial charge in [0.15, 0.2) is 6.23 Å². The van der Waals surface area contributed by atoms with E-state index in [1.165, 1.54) is 18.2 Å². The lowest BCUT2D eigenvalue weighted by atomic mass is 10.1. The predicted octanol–water partition coefficient (Wildman–Crippen LogP) is -0.890. The first kappa shape index (κ1) is 21.5. The minimum Gasteiger partial charge on any atom is -0.386 e. The topological polar surface area (TPSA) is 123 Å². The lowest BCUT2D eigenvalue weighted by molar-refractivity contribution is -0.122. The van der Waals surface area contributed by atoms with Gasteiger partial charge in [-0.15, -0.1) is 0 Å². The summed E-state index contributed by atoms with van der Waals surface area (Å²) in [6, 6.07) is 0. The summed E-state index contributed by atoms with van der Waals surface area (Å²) in [5.74, 6) is 4.56. The average Bonchev–Trinajstić information content (AvgIpc) is 2.90. The lowest BCUT2D eigenvalue weighted by Crippen LogP contribution is -2.42. The van der Waals surface area contributed by atoms with E-state index in [4.69, 9.17) is 20.2 Å². The molecule has 0 saturated carbocycles. The van der Waals surface area contributed by atoms with E-state index in [9.17, 15) is 14.7 Å². The summed E-state index contributed by atoms with van der Waals surface area (Å²) >= 11 is 0. The van der Waals surface area contributed by atoms with Crippen LogP contribution in [0, 0.1) is 0 Å². The molecule has 1 heterocycles. The van der Waals surface area contributed by atoms with Crippen LogP contribution in [0.1, 0.15) is 20.8 Å². The van der Waals surface area contributed by atoms with Crippen LogP contribution in [0.5, 0.6) is 0 Å². The van der Waals surface area contributed by atoms with Crippen molar-refractivity contribution < 1.29 is 29.0 Å². The third kappa shape index (κ3) is 5.88. The first-order valence-electron chi connectivity index (χ1n) is 7.32. The number of rotatable bonds is 7. The summed E-state index contributed by atoms with van der Waals surface area (Å²) in [7, 11) is 3.06. The number of aliphatic hydroxyl groups is 1. The summed E-state index contributed by atoms with van der Waals surface area (Å²) in [6.07, 6.45) is -0.541. The highest BCUT2D eigenvalue weighted by molar-refractivity contribution is 5.94. The highest BCUT2D eigenvalue weighted by Crippen LogP contribution is 2.28. The summed E-state index contributed by atoms with van der Waals surface area (Å²) in [4.78, 5) is 27.5. The van der Waals surface area contributed by atoms with Gasteiger partial charge in [-0.1, -0.05) is 13.8 Å². The normalized spacial score (nSPS) is 28.0. The van der Waals surface area contributed by atoms with Gasteiger partial charge < -0.3 is 19.5 Å². The van der Waals surface area contributed by atoms with Crippen LogP contribution in [0.4, 0.5) is 0 Å². The van der Waals surface area contributed by atoms with Crippen LogP contribution in [0.25, 0.3) is 0 Å². The molecule has 0 aliphatic carbocycles. The third-order valence-corrected chi connectivity index (χ3v) is 3.26. The number of nitrogens with two attached hydrogens (primary N) is 1. The van der Waals surface area contributed by atoms with Crippen molar-refractivity contribution >= 4 is 12.3 Å². The number of hydrogen-bond acceptors (Lipinski definition) is 8. The predicted molar refractivity (Wildman–Crippen MR) is 82.7 cm³/mol. The fraction of sp³-hybridized carbons (Fsp3) is 0.714. The Morgan fingerprint density at radius 1 is 1.48 bits per heavy atom. The Bertz CT molecular complexity index is 393. The lowest BCUT2D eigenvalue weighted by Gasteiger charge is -2.25. The van der Waals surface area contributed by atoms with E-state index in [0.29, 0.717) is 0 Å². The van der Waals surface area contributed by atoms with Crippen LogP contribution in [0.2, 0.25) is 0 Å². The van der Waals surface area contributed by atoms with E-state index in [1.54, 1.807) is 14.0 Å². The summed E-state index contributed by atoms with van der Waals surface area (Å²) in [6.45, 7) is 5.69. The van der Waals surface area contributed by atoms with Crippen LogP contribution in [-0.2, 0) is 23.9 Å². The number of carbonyl (C=O) groups is 2. The number of methoxy groups -OCH3 is 1. The van der Waals surface area contributed by atoms with Gasteiger partial charge in [-0.2, -0.15) is 0 Å². The van der Waals surface area contributed by atoms with Crippen molar-refractivity contribution in [1.82, 2.24) is 10.2 Å². The van der Waals surface area contributed by atoms with Crippen molar-refractivity contribution in [2.45, 2.75) is 51.4 Å². The van der Waals surface area contributed by atoms with E-state index in [2.05, 4.69) is 0 Å². The monoisotopic (exact) mass is 333 g/mol.